The monoisotopic (exact) mass is 856 g/mol. The van der Waals surface area contributed by atoms with E-state index in [2.05, 4.69) is 256 Å². The molecule has 0 bridgehead atoms. The Morgan fingerprint density at radius 2 is 0.746 bits per heavy atom. The molecule has 2 aliphatic rings. The van der Waals surface area contributed by atoms with Gasteiger partial charge in [-0.1, -0.05) is 146 Å². The van der Waals surface area contributed by atoms with E-state index in [1.807, 2.05) is 0 Å². The van der Waals surface area contributed by atoms with Crippen LogP contribution in [0.5, 0.6) is 0 Å². The first-order chi connectivity index (χ1) is 32.9. The van der Waals surface area contributed by atoms with Gasteiger partial charge < -0.3 is 9.80 Å². The van der Waals surface area contributed by atoms with Crippen LogP contribution in [0.4, 0.5) is 34.1 Å². The van der Waals surface area contributed by atoms with Gasteiger partial charge in [0.1, 0.15) is 0 Å². The van der Waals surface area contributed by atoms with Gasteiger partial charge in [0.25, 0.3) is 0 Å². The van der Waals surface area contributed by atoms with Crippen molar-refractivity contribution in [3.05, 3.63) is 263 Å². The number of rotatable bonds is 6. The van der Waals surface area contributed by atoms with Gasteiger partial charge >= 0.3 is 0 Å². The highest BCUT2D eigenvalue weighted by molar-refractivity contribution is 6.13. The summed E-state index contributed by atoms with van der Waals surface area (Å²) in [6, 6.07) is 82.1. The van der Waals surface area contributed by atoms with E-state index in [0.717, 1.165) is 34.1 Å². The standard InChI is InChI=1S/C65H48N2/c1-41-23-28-50(37-43(41)3)66(48-16-7-5-8-17-48)52-30-34-55-46(39-52)25-32-57-58-33-26-47-40-53(67(49-18-9-6-10-19-49)51-29-24-42(2)44(4)38-51)31-35-56(47)64(58)65(63(55)57)60-22-14-13-21-59(60)62-54-20-12-11-15-45(54)27-36-61(62)65/h5-40H,1-4H3. The molecule has 67 heavy (non-hydrogen) atoms. The average molecular weight is 857 g/mol. The van der Waals surface area contributed by atoms with E-state index in [9.17, 15) is 0 Å². The largest absolute Gasteiger partial charge is 0.310 e. The Morgan fingerprint density at radius 3 is 1.30 bits per heavy atom. The molecule has 11 aromatic rings. The number of anilines is 6. The van der Waals surface area contributed by atoms with E-state index < -0.39 is 5.41 Å². The molecule has 0 atom stereocenters. The maximum absolute atomic E-state index is 2.45. The van der Waals surface area contributed by atoms with E-state index in [4.69, 9.17) is 0 Å². The van der Waals surface area contributed by atoms with Gasteiger partial charge in [-0.15, -0.1) is 0 Å². The first kappa shape index (κ1) is 39.2. The van der Waals surface area contributed by atoms with Gasteiger partial charge in [-0.05, 0) is 200 Å². The zero-order valence-electron chi connectivity index (χ0n) is 38.2. The first-order valence-corrected chi connectivity index (χ1v) is 23.5. The summed E-state index contributed by atoms with van der Waals surface area (Å²) < 4.78 is 0. The van der Waals surface area contributed by atoms with E-state index in [0.29, 0.717) is 0 Å². The van der Waals surface area contributed by atoms with Crippen molar-refractivity contribution >= 4 is 66.4 Å². The molecule has 13 rings (SSSR count). The van der Waals surface area contributed by atoms with Crippen LogP contribution in [0, 0.1) is 27.7 Å². The van der Waals surface area contributed by atoms with Crippen molar-refractivity contribution in [2.75, 3.05) is 9.80 Å². The minimum Gasteiger partial charge on any atom is -0.310 e. The number of aryl methyl sites for hydroxylation is 4. The molecular formula is C65H48N2. The lowest BCUT2D eigenvalue weighted by molar-refractivity contribution is 0.810. The highest BCUT2D eigenvalue weighted by atomic mass is 15.1. The molecular weight excluding hydrogens is 809 g/mol. The summed E-state index contributed by atoms with van der Waals surface area (Å²) in [6.45, 7) is 8.79. The highest BCUT2D eigenvalue weighted by Gasteiger charge is 2.53. The van der Waals surface area contributed by atoms with Gasteiger partial charge in [0, 0.05) is 34.1 Å². The third-order valence-corrected chi connectivity index (χ3v) is 15.0. The number of fused-ring (bicyclic) bond motifs is 16. The highest BCUT2D eigenvalue weighted by Crippen LogP contribution is 2.66. The van der Waals surface area contributed by atoms with Crippen LogP contribution in [-0.2, 0) is 5.41 Å². The molecule has 2 aliphatic carbocycles. The van der Waals surface area contributed by atoms with Gasteiger partial charge in [0.05, 0.1) is 5.41 Å². The first-order valence-electron chi connectivity index (χ1n) is 23.5. The third kappa shape index (κ3) is 5.76. The van der Waals surface area contributed by atoms with E-state index in [-0.39, 0.29) is 0 Å². The molecule has 0 radical (unpaired) electrons. The second-order valence-electron chi connectivity index (χ2n) is 18.7. The summed E-state index contributed by atoms with van der Waals surface area (Å²) in [7, 11) is 0. The fourth-order valence-electron chi connectivity index (χ4n) is 11.7. The second kappa shape index (κ2) is 14.9. The fraction of sp³-hybridized carbons (Fsp3) is 0.0769. The van der Waals surface area contributed by atoms with Crippen LogP contribution in [0.1, 0.15) is 44.5 Å². The molecule has 2 nitrogen and oxygen atoms in total. The molecule has 1 spiro atoms. The molecule has 0 N–H and O–H groups in total. The topological polar surface area (TPSA) is 6.48 Å². The van der Waals surface area contributed by atoms with Crippen LogP contribution in [0.25, 0.3) is 54.6 Å². The molecule has 11 aromatic carbocycles. The molecule has 0 saturated heterocycles. The van der Waals surface area contributed by atoms with Crippen molar-refractivity contribution in [1.82, 2.24) is 0 Å². The summed E-state index contributed by atoms with van der Waals surface area (Å²) in [4.78, 5) is 4.80. The lowest BCUT2D eigenvalue weighted by Crippen LogP contribution is -2.26. The van der Waals surface area contributed by atoms with Gasteiger partial charge in [0.15, 0.2) is 0 Å². The lowest BCUT2D eigenvalue weighted by Gasteiger charge is -2.33. The van der Waals surface area contributed by atoms with Crippen molar-refractivity contribution in [3.8, 4) is 22.3 Å². The van der Waals surface area contributed by atoms with Crippen LogP contribution in [-0.4, -0.2) is 0 Å². The minimum atomic E-state index is -0.580. The Kier molecular flexibility index (Phi) is 8.73. The normalized spacial score (nSPS) is 12.9. The van der Waals surface area contributed by atoms with Gasteiger partial charge in [-0.2, -0.15) is 0 Å². The van der Waals surface area contributed by atoms with Crippen LogP contribution >= 0.6 is 0 Å². The zero-order valence-corrected chi connectivity index (χ0v) is 38.2. The molecule has 318 valence electrons. The number of hydrogen-bond acceptors (Lipinski definition) is 2. The minimum absolute atomic E-state index is 0.580. The summed E-state index contributed by atoms with van der Waals surface area (Å²) in [5.41, 5.74) is 22.1. The number of nitrogens with zero attached hydrogens (tertiary/aromatic N) is 2. The van der Waals surface area contributed by atoms with Crippen LogP contribution < -0.4 is 9.80 Å². The average Bonchev–Trinajstić information content (AvgIpc) is 3.84. The van der Waals surface area contributed by atoms with E-state index >= 15 is 0 Å². The Labute approximate surface area is 392 Å². The van der Waals surface area contributed by atoms with Crippen molar-refractivity contribution in [1.29, 1.82) is 0 Å². The molecule has 0 aliphatic heterocycles. The van der Waals surface area contributed by atoms with Gasteiger partial charge in [0.2, 0.25) is 0 Å². The summed E-state index contributed by atoms with van der Waals surface area (Å²) in [5, 5.41) is 7.54. The Bertz CT molecular complexity index is 3620. The van der Waals surface area contributed by atoms with Crippen molar-refractivity contribution in [3.63, 3.8) is 0 Å². The van der Waals surface area contributed by atoms with Crippen LogP contribution in [0.3, 0.4) is 0 Å². The number of benzene rings is 11. The summed E-state index contributed by atoms with van der Waals surface area (Å²) in [5.74, 6) is 0. The van der Waals surface area contributed by atoms with Crippen LogP contribution in [0.2, 0.25) is 0 Å². The maximum atomic E-state index is 2.45. The lowest BCUT2D eigenvalue weighted by atomic mass is 9.68. The van der Waals surface area contributed by atoms with E-state index in [1.165, 1.54) is 99.1 Å². The predicted molar refractivity (Wildman–Crippen MR) is 284 cm³/mol. The summed E-state index contributed by atoms with van der Waals surface area (Å²) in [6.07, 6.45) is 0. The van der Waals surface area contributed by atoms with Gasteiger partial charge in [-0.25, -0.2) is 0 Å². The maximum Gasteiger partial charge on any atom is 0.0737 e. The second-order valence-corrected chi connectivity index (χ2v) is 18.7. The molecule has 0 fully saturated rings. The van der Waals surface area contributed by atoms with Crippen molar-refractivity contribution < 1.29 is 0 Å². The third-order valence-electron chi connectivity index (χ3n) is 15.0. The van der Waals surface area contributed by atoms with Crippen molar-refractivity contribution in [2.45, 2.75) is 33.1 Å². The molecule has 0 unspecified atom stereocenters. The molecule has 2 heteroatoms. The molecule has 0 aromatic heterocycles. The molecule has 0 amide bonds. The quantitative estimate of drug-likeness (QED) is 0.164. The fourth-order valence-corrected chi connectivity index (χ4v) is 11.7. The zero-order chi connectivity index (χ0) is 45.0. The smallest absolute Gasteiger partial charge is 0.0737 e. The van der Waals surface area contributed by atoms with Gasteiger partial charge in [-0.3, -0.25) is 0 Å². The van der Waals surface area contributed by atoms with E-state index in [1.54, 1.807) is 0 Å². The molecule has 0 saturated carbocycles. The Morgan fingerprint density at radius 1 is 0.284 bits per heavy atom. The SMILES string of the molecule is Cc1ccc(N(c2ccccc2)c2ccc3c4c(ccc3c2)-c2ccc3cc(N(c5ccccc5)c5ccc(C)c(C)c5)ccc3c2C42c3ccccc3-c3c2ccc2ccccc32)cc1C. The summed E-state index contributed by atoms with van der Waals surface area (Å²) >= 11 is 0. The Balaban J connectivity index is 1.09. The predicted octanol–water partition coefficient (Wildman–Crippen LogP) is 17.7. The van der Waals surface area contributed by atoms with Crippen LogP contribution in [0.15, 0.2) is 218 Å². The Hall–Kier alpha value is -8.20. The number of hydrogen-bond donors (Lipinski definition) is 0. The number of para-hydroxylation sites is 2. The van der Waals surface area contributed by atoms with Crippen molar-refractivity contribution in [2.24, 2.45) is 0 Å². The molecule has 0 heterocycles.